The highest BCUT2D eigenvalue weighted by molar-refractivity contribution is 7.99. The average molecular weight is 474 g/mol. The molecule has 0 fully saturated rings. The number of benzene rings is 2. The van der Waals surface area contributed by atoms with Gasteiger partial charge in [0.25, 0.3) is 0 Å². The van der Waals surface area contributed by atoms with E-state index in [9.17, 15) is 4.79 Å². The highest BCUT2D eigenvalue weighted by atomic mass is 32.2. The van der Waals surface area contributed by atoms with E-state index in [4.69, 9.17) is 0 Å². The van der Waals surface area contributed by atoms with E-state index in [1.807, 2.05) is 59.2 Å². The molecular weight excluding hydrogens is 446 g/mol. The maximum absolute atomic E-state index is 12.6. The number of thioether (sulfide) groups is 1. The fraction of sp³-hybridized carbons (Fsp3) is 0.320. The van der Waals surface area contributed by atoms with E-state index in [1.54, 1.807) is 0 Å². The molecule has 0 saturated heterocycles. The van der Waals surface area contributed by atoms with Crippen LogP contribution in [0.4, 0.5) is 5.69 Å². The third kappa shape index (κ3) is 4.75. The van der Waals surface area contributed by atoms with Crippen LogP contribution in [0.15, 0.2) is 59.8 Å². The molecular formula is C25H27N7OS. The predicted molar refractivity (Wildman–Crippen MR) is 133 cm³/mol. The van der Waals surface area contributed by atoms with Gasteiger partial charge in [-0.15, -0.1) is 20.4 Å². The lowest BCUT2D eigenvalue weighted by Gasteiger charge is -2.09. The van der Waals surface area contributed by atoms with Crippen molar-refractivity contribution in [3.05, 3.63) is 60.4 Å². The zero-order valence-electron chi connectivity index (χ0n) is 19.1. The number of nitrogens with zero attached hydrogens (tertiary/aromatic N) is 6. The third-order valence-electron chi connectivity index (χ3n) is 5.93. The number of hydrogen-bond acceptors (Lipinski definition) is 6. The quantitative estimate of drug-likeness (QED) is 0.392. The van der Waals surface area contributed by atoms with Gasteiger partial charge in [0.2, 0.25) is 5.91 Å². The van der Waals surface area contributed by atoms with Gasteiger partial charge in [0.1, 0.15) is 5.82 Å². The Balaban J connectivity index is 1.22. The molecule has 34 heavy (non-hydrogen) atoms. The molecule has 9 heteroatoms. The topological polar surface area (TPSA) is 90.5 Å². The number of amides is 1. The van der Waals surface area contributed by atoms with E-state index in [2.05, 4.69) is 37.2 Å². The summed E-state index contributed by atoms with van der Waals surface area (Å²) in [6.07, 6.45) is 4.54. The van der Waals surface area contributed by atoms with Gasteiger partial charge in [-0.1, -0.05) is 48.5 Å². The Morgan fingerprint density at radius 2 is 1.68 bits per heavy atom. The smallest absolute Gasteiger partial charge is 0.234 e. The lowest BCUT2D eigenvalue weighted by Crippen LogP contribution is -2.14. The minimum absolute atomic E-state index is 0.0824. The van der Waals surface area contributed by atoms with Crippen molar-refractivity contribution in [2.75, 3.05) is 11.1 Å². The average Bonchev–Trinajstić information content (AvgIpc) is 3.40. The van der Waals surface area contributed by atoms with Crippen LogP contribution in [0.5, 0.6) is 0 Å². The second-order valence-electron chi connectivity index (χ2n) is 8.23. The summed E-state index contributed by atoms with van der Waals surface area (Å²) in [6, 6.07) is 17.8. The number of aryl methyl sites for hydroxylation is 1. The number of rotatable bonds is 7. The first-order valence-electron chi connectivity index (χ1n) is 11.7. The molecule has 0 saturated carbocycles. The van der Waals surface area contributed by atoms with Crippen molar-refractivity contribution < 1.29 is 4.79 Å². The molecule has 2 aromatic heterocycles. The summed E-state index contributed by atoms with van der Waals surface area (Å²) in [5.41, 5.74) is 2.78. The second-order valence-corrected chi connectivity index (χ2v) is 9.18. The van der Waals surface area contributed by atoms with Crippen LogP contribution in [-0.4, -0.2) is 41.2 Å². The first kappa shape index (κ1) is 22.3. The van der Waals surface area contributed by atoms with E-state index < -0.39 is 0 Å². The summed E-state index contributed by atoms with van der Waals surface area (Å²) in [6.45, 7) is 3.74. The van der Waals surface area contributed by atoms with Crippen LogP contribution in [0.2, 0.25) is 0 Å². The van der Waals surface area contributed by atoms with E-state index in [0.29, 0.717) is 0 Å². The highest BCUT2D eigenvalue weighted by Gasteiger charge is 2.17. The number of carbonyl (C=O) groups is 1. The van der Waals surface area contributed by atoms with Gasteiger partial charge < -0.3 is 14.5 Å². The van der Waals surface area contributed by atoms with Crippen LogP contribution in [0.1, 0.15) is 32.0 Å². The zero-order chi connectivity index (χ0) is 23.3. The molecule has 0 radical (unpaired) electrons. The van der Waals surface area contributed by atoms with Crippen molar-refractivity contribution in [3.8, 4) is 22.8 Å². The molecule has 0 unspecified atom stereocenters. The van der Waals surface area contributed by atoms with Crippen molar-refractivity contribution in [2.24, 2.45) is 0 Å². The summed E-state index contributed by atoms with van der Waals surface area (Å²) in [7, 11) is 0. The summed E-state index contributed by atoms with van der Waals surface area (Å²) < 4.78 is 4.26. The number of nitrogens with one attached hydrogen (secondary N) is 1. The molecule has 1 aliphatic heterocycles. The molecule has 4 aromatic rings. The van der Waals surface area contributed by atoms with Crippen LogP contribution in [0, 0.1) is 0 Å². The van der Waals surface area contributed by atoms with E-state index >= 15 is 0 Å². The van der Waals surface area contributed by atoms with Crippen LogP contribution < -0.4 is 5.32 Å². The van der Waals surface area contributed by atoms with E-state index in [0.717, 1.165) is 65.4 Å². The van der Waals surface area contributed by atoms with Crippen molar-refractivity contribution in [2.45, 2.75) is 50.9 Å². The van der Waals surface area contributed by atoms with Gasteiger partial charge in [-0.05, 0) is 44.0 Å². The Morgan fingerprint density at radius 3 is 2.47 bits per heavy atom. The highest BCUT2D eigenvalue weighted by Crippen LogP contribution is 2.26. The van der Waals surface area contributed by atoms with Crippen molar-refractivity contribution in [3.63, 3.8) is 0 Å². The molecule has 0 bridgehead atoms. The molecule has 3 heterocycles. The summed E-state index contributed by atoms with van der Waals surface area (Å²) in [4.78, 5) is 12.6. The summed E-state index contributed by atoms with van der Waals surface area (Å²) >= 11 is 1.39. The van der Waals surface area contributed by atoms with Gasteiger partial charge in [-0.2, -0.15) is 0 Å². The van der Waals surface area contributed by atoms with Gasteiger partial charge >= 0.3 is 0 Å². The van der Waals surface area contributed by atoms with Gasteiger partial charge in [0.15, 0.2) is 16.8 Å². The van der Waals surface area contributed by atoms with E-state index in [-0.39, 0.29) is 11.7 Å². The van der Waals surface area contributed by atoms with Gasteiger partial charge in [-0.25, -0.2) is 0 Å². The lowest BCUT2D eigenvalue weighted by atomic mass is 10.2. The minimum Gasteiger partial charge on any atom is -0.325 e. The van der Waals surface area contributed by atoms with Crippen molar-refractivity contribution >= 4 is 23.4 Å². The Labute approximate surface area is 202 Å². The van der Waals surface area contributed by atoms with E-state index in [1.165, 1.54) is 24.6 Å². The van der Waals surface area contributed by atoms with Gasteiger partial charge in [0, 0.05) is 36.3 Å². The van der Waals surface area contributed by atoms with Crippen LogP contribution in [0.25, 0.3) is 22.8 Å². The second kappa shape index (κ2) is 10.2. The molecule has 2 aromatic carbocycles. The Morgan fingerprint density at radius 1 is 0.912 bits per heavy atom. The Hall–Kier alpha value is -3.46. The molecule has 5 rings (SSSR count). The lowest BCUT2D eigenvalue weighted by molar-refractivity contribution is -0.113. The zero-order valence-corrected chi connectivity index (χ0v) is 20.0. The van der Waals surface area contributed by atoms with Gasteiger partial charge in [0.05, 0.1) is 5.75 Å². The Bertz CT molecular complexity index is 1260. The summed E-state index contributed by atoms with van der Waals surface area (Å²) in [5, 5.41) is 21.1. The number of anilines is 1. The molecule has 0 aliphatic carbocycles. The SMILES string of the molecule is CCn1c(SCC(=O)Nc2ccc(-c3nnc4n3CCCCC4)cc2)nnc1-c1ccccc1. The minimum atomic E-state index is -0.0824. The summed E-state index contributed by atoms with van der Waals surface area (Å²) in [5.74, 6) is 2.96. The molecule has 1 N–H and O–H groups in total. The fourth-order valence-electron chi connectivity index (χ4n) is 4.21. The number of aromatic nitrogens is 6. The molecule has 8 nitrogen and oxygen atoms in total. The third-order valence-corrected chi connectivity index (χ3v) is 6.90. The predicted octanol–water partition coefficient (Wildman–Crippen LogP) is 4.68. The standard InChI is InChI=1S/C25H27N7OS/c1-2-31-23(18-9-5-3-6-10-18)29-30-25(31)34-17-22(33)26-20-14-12-19(13-15-20)24-28-27-21-11-7-4-8-16-32(21)24/h3,5-6,9-10,12-15H,2,4,7-8,11,16-17H2,1H3,(H,26,33). The number of carbonyl (C=O) groups excluding carboxylic acids is 1. The van der Waals surface area contributed by atoms with Crippen LogP contribution in [0.3, 0.4) is 0 Å². The Kier molecular flexibility index (Phi) is 6.71. The molecule has 1 aliphatic rings. The van der Waals surface area contributed by atoms with Crippen molar-refractivity contribution in [1.82, 2.24) is 29.5 Å². The largest absolute Gasteiger partial charge is 0.325 e. The van der Waals surface area contributed by atoms with Crippen LogP contribution >= 0.6 is 11.8 Å². The number of hydrogen-bond donors (Lipinski definition) is 1. The maximum Gasteiger partial charge on any atom is 0.234 e. The monoisotopic (exact) mass is 473 g/mol. The normalized spacial score (nSPS) is 13.3. The first-order chi connectivity index (χ1) is 16.7. The van der Waals surface area contributed by atoms with Gasteiger partial charge in [-0.3, -0.25) is 4.79 Å². The maximum atomic E-state index is 12.6. The molecule has 0 spiro atoms. The number of fused-ring (bicyclic) bond motifs is 1. The first-order valence-corrected chi connectivity index (χ1v) is 12.7. The van der Waals surface area contributed by atoms with Crippen molar-refractivity contribution in [1.29, 1.82) is 0 Å². The fourth-order valence-corrected chi connectivity index (χ4v) is 5.01. The molecule has 1 amide bonds. The van der Waals surface area contributed by atoms with Crippen LogP contribution in [-0.2, 0) is 24.3 Å². The molecule has 174 valence electrons. The molecule has 0 atom stereocenters.